The topological polar surface area (TPSA) is 73.4 Å². The van der Waals surface area contributed by atoms with E-state index < -0.39 is 5.97 Å². The zero-order chi connectivity index (χ0) is 26.1. The number of benzene rings is 1. The number of piperidine rings is 1. The number of nitrogens with zero attached hydrogens (tertiary/aromatic N) is 4. The summed E-state index contributed by atoms with van der Waals surface area (Å²) in [6.07, 6.45) is 3.19. The van der Waals surface area contributed by atoms with Gasteiger partial charge in [0.2, 0.25) is 0 Å². The summed E-state index contributed by atoms with van der Waals surface area (Å²) in [5, 5.41) is 9.67. The lowest BCUT2D eigenvalue weighted by atomic mass is 10.1. The van der Waals surface area contributed by atoms with Crippen molar-refractivity contribution in [1.29, 1.82) is 0 Å². The molecule has 1 saturated heterocycles. The van der Waals surface area contributed by atoms with Crippen LogP contribution in [0.25, 0.3) is 21.8 Å². The number of carbonyl (C=O) groups excluding carboxylic acids is 1. The van der Waals surface area contributed by atoms with Gasteiger partial charge in [-0.25, -0.2) is 4.79 Å². The molecule has 4 heterocycles. The van der Waals surface area contributed by atoms with E-state index >= 15 is 0 Å². The zero-order valence-electron chi connectivity index (χ0n) is 20.3. The molecule has 0 spiro atoms. The van der Waals surface area contributed by atoms with Crippen LogP contribution < -0.4 is 0 Å². The lowest BCUT2D eigenvalue weighted by Gasteiger charge is -2.34. The number of thiophene rings is 1. The largest absolute Gasteiger partial charge is 0.457 e. The Morgan fingerprint density at radius 1 is 1.14 bits per heavy atom. The predicted octanol–water partition coefficient (Wildman–Crippen LogP) is 7.30. The fourth-order valence-corrected chi connectivity index (χ4v) is 5.89. The second-order valence-corrected chi connectivity index (χ2v) is 11.8. The van der Waals surface area contributed by atoms with Crippen molar-refractivity contribution < 1.29 is 14.1 Å². The minimum absolute atomic E-state index is 0.156. The van der Waals surface area contributed by atoms with Crippen molar-refractivity contribution in [2.24, 2.45) is 0 Å². The van der Waals surface area contributed by atoms with Crippen molar-refractivity contribution >= 4 is 52.1 Å². The first kappa shape index (κ1) is 26.3. The van der Waals surface area contributed by atoms with E-state index in [4.69, 9.17) is 44.1 Å². The van der Waals surface area contributed by atoms with Gasteiger partial charge in [-0.1, -0.05) is 46.0 Å². The van der Waals surface area contributed by atoms with Gasteiger partial charge in [-0.3, -0.25) is 4.68 Å². The van der Waals surface area contributed by atoms with Crippen LogP contribution in [-0.4, -0.2) is 51.0 Å². The number of esters is 1. The van der Waals surface area contributed by atoms with E-state index in [1.165, 1.54) is 11.3 Å². The average Bonchev–Trinajstić information content (AvgIpc) is 3.60. The zero-order valence-corrected chi connectivity index (χ0v) is 23.4. The second kappa shape index (κ2) is 11.2. The fourth-order valence-electron chi connectivity index (χ4n) is 4.39. The van der Waals surface area contributed by atoms with Gasteiger partial charge in [-0.15, -0.1) is 11.3 Å². The van der Waals surface area contributed by atoms with E-state index in [1.807, 2.05) is 18.2 Å². The number of rotatable bonds is 7. The molecule has 3 aromatic heterocycles. The average molecular weight is 580 g/mol. The van der Waals surface area contributed by atoms with Gasteiger partial charge in [0.15, 0.2) is 11.5 Å². The van der Waals surface area contributed by atoms with E-state index in [0.717, 1.165) is 30.8 Å². The summed E-state index contributed by atoms with van der Waals surface area (Å²) in [5.41, 5.74) is 2.06. The molecule has 0 bridgehead atoms. The minimum Gasteiger partial charge on any atom is -0.457 e. The maximum absolute atomic E-state index is 13.3. The number of halogens is 3. The highest BCUT2D eigenvalue weighted by Gasteiger charge is 2.28. The van der Waals surface area contributed by atoms with Gasteiger partial charge in [0, 0.05) is 47.5 Å². The summed E-state index contributed by atoms with van der Waals surface area (Å²) in [7, 11) is 0. The summed E-state index contributed by atoms with van der Waals surface area (Å²) in [4.78, 5) is 16.6. The third-order valence-electron chi connectivity index (χ3n) is 6.36. The molecular weight excluding hydrogens is 555 g/mol. The van der Waals surface area contributed by atoms with E-state index in [2.05, 4.69) is 29.0 Å². The van der Waals surface area contributed by atoms with Crippen molar-refractivity contribution in [3.8, 4) is 21.8 Å². The number of ether oxygens (including phenoxy) is 1. The number of hydrogen-bond donors (Lipinski definition) is 0. The lowest BCUT2D eigenvalue weighted by molar-refractivity contribution is 0.00730. The van der Waals surface area contributed by atoms with Crippen molar-refractivity contribution in [3.05, 3.63) is 68.4 Å². The van der Waals surface area contributed by atoms with Crippen LogP contribution in [0.2, 0.25) is 14.4 Å². The van der Waals surface area contributed by atoms with Gasteiger partial charge in [0.25, 0.3) is 0 Å². The SMILES string of the molecule is CC(C)N1CCC(OC(=O)c2nn(Cc3cc(-c4ccc(Cl)s4)on3)cc2-c2ccc(Cl)cc2Cl)CC1. The van der Waals surface area contributed by atoms with Crippen LogP contribution in [0.3, 0.4) is 0 Å². The summed E-state index contributed by atoms with van der Waals surface area (Å²) in [5.74, 6) is 0.143. The van der Waals surface area contributed by atoms with Crippen molar-refractivity contribution in [2.45, 2.75) is 45.4 Å². The molecule has 11 heteroatoms. The van der Waals surface area contributed by atoms with E-state index in [1.54, 1.807) is 29.1 Å². The molecule has 1 aliphatic heterocycles. The van der Waals surface area contributed by atoms with Gasteiger partial charge in [0.1, 0.15) is 11.8 Å². The van der Waals surface area contributed by atoms with Gasteiger partial charge in [-0.05, 0) is 51.0 Å². The molecule has 0 radical (unpaired) electrons. The lowest BCUT2D eigenvalue weighted by Crippen LogP contribution is -2.41. The van der Waals surface area contributed by atoms with Crippen LogP contribution in [-0.2, 0) is 11.3 Å². The highest BCUT2D eigenvalue weighted by molar-refractivity contribution is 7.19. The van der Waals surface area contributed by atoms with Gasteiger partial charge >= 0.3 is 5.97 Å². The molecule has 1 aromatic carbocycles. The highest BCUT2D eigenvalue weighted by atomic mass is 35.5. The molecule has 1 aliphatic rings. The molecule has 0 N–H and O–H groups in total. The quantitative estimate of drug-likeness (QED) is 0.214. The van der Waals surface area contributed by atoms with Crippen LogP contribution in [0.1, 0.15) is 42.9 Å². The van der Waals surface area contributed by atoms with Crippen molar-refractivity contribution in [3.63, 3.8) is 0 Å². The molecule has 0 saturated carbocycles. The molecule has 0 amide bonds. The molecule has 1 fully saturated rings. The fraction of sp³-hybridized carbons (Fsp3) is 0.346. The van der Waals surface area contributed by atoms with Crippen molar-refractivity contribution in [2.75, 3.05) is 13.1 Å². The van der Waals surface area contributed by atoms with E-state index in [9.17, 15) is 4.79 Å². The second-order valence-electron chi connectivity index (χ2n) is 9.23. The summed E-state index contributed by atoms with van der Waals surface area (Å²) in [6.45, 7) is 6.43. The van der Waals surface area contributed by atoms with E-state index in [0.29, 0.717) is 49.5 Å². The first-order chi connectivity index (χ1) is 17.8. The highest BCUT2D eigenvalue weighted by Crippen LogP contribution is 2.34. The Bertz CT molecular complexity index is 1410. The normalized spacial score (nSPS) is 15.0. The Balaban J connectivity index is 1.40. The van der Waals surface area contributed by atoms with Gasteiger partial charge in [-0.2, -0.15) is 5.10 Å². The van der Waals surface area contributed by atoms with Crippen molar-refractivity contribution in [1.82, 2.24) is 19.8 Å². The number of hydrogen-bond acceptors (Lipinski definition) is 7. The Hall–Kier alpha value is -2.36. The number of carbonyl (C=O) groups is 1. The maximum Gasteiger partial charge on any atom is 0.359 e. The Kier molecular flexibility index (Phi) is 7.93. The molecular formula is C26H25Cl3N4O3S. The van der Waals surface area contributed by atoms with Crippen LogP contribution in [0.15, 0.2) is 47.1 Å². The minimum atomic E-state index is -0.475. The Morgan fingerprint density at radius 3 is 2.59 bits per heavy atom. The summed E-state index contributed by atoms with van der Waals surface area (Å²) in [6, 6.07) is 11.1. The molecule has 0 atom stereocenters. The summed E-state index contributed by atoms with van der Waals surface area (Å²) < 4.78 is 13.7. The molecule has 4 aromatic rings. The third-order valence-corrected chi connectivity index (χ3v) is 8.15. The number of likely N-dealkylation sites (tertiary alicyclic amines) is 1. The van der Waals surface area contributed by atoms with Gasteiger partial charge in [0.05, 0.1) is 20.8 Å². The first-order valence-electron chi connectivity index (χ1n) is 12.0. The predicted molar refractivity (Wildman–Crippen MR) is 147 cm³/mol. The summed E-state index contributed by atoms with van der Waals surface area (Å²) >= 11 is 20.1. The van der Waals surface area contributed by atoms with E-state index in [-0.39, 0.29) is 11.8 Å². The number of aromatic nitrogens is 3. The molecule has 0 unspecified atom stereocenters. The van der Waals surface area contributed by atoms with Crippen LogP contribution in [0.4, 0.5) is 0 Å². The maximum atomic E-state index is 13.3. The van der Waals surface area contributed by atoms with Crippen LogP contribution >= 0.6 is 46.1 Å². The molecule has 37 heavy (non-hydrogen) atoms. The molecule has 7 nitrogen and oxygen atoms in total. The monoisotopic (exact) mass is 578 g/mol. The van der Waals surface area contributed by atoms with Crippen LogP contribution in [0, 0.1) is 0 Å². The standard InChI is InChI=1S/C26H25Cl3N4O3S/c1-15(2)32-9-7-18(8-10-32)35-26(34)25-20(19-4-3-16(27)11-21(19)28)14-33(30-25)13-17-12-22(36-31-17)23-5-6-24(29)37-23/h3-6,11-12,14-15,18H,7-10,13H2,1-2H3. The molecule has 194 valence electrons. The third kappa shape index (κ3) is 6.04. The molecule has 5 rings (SSSR count). The molecule has 0 aliphatic carbocycles. The van der Waals surface area contributed by atoms with Gasteiger partial charge < -0.3 is 14.2 Å². The Labute approximate surface area is 233 Å². The first-order valence-corrected chi connectivity index (χ1v) is 13.9. The van der Waals surface area contributed by atoms with Crippen LogP contribution in [0.5, 0.6) is 0 Å². The Morgan fingerprint density at radius 2 is 1.92 bits per heavy atom. The smallest absolute Gasteiger partial charge is 0.359 e.